The highest BCUT2D eigenvalue weighted by molar-refractivity contribution is 5.88. The van der Waals surface area contributed by atoms with Crippen LogP contribution in [0.15, 0.2) is 12.5 Å². The van der Waals surface area contributed by atoms with Crippen molar-refractivity contribution >= 4 is 5.97 Å². The van der Waals surface area contributed by atoms with E-state index in [1.54, 1.807) is 0 Å². The lowest BCUT2D eigenvalue weighted by Gasteiger charge is -2.09. The standard InChI is InChI=1S/C9H13N3O4/c13-4-6(14)1-10-3-8-7(9(15)16)2-11-5-12-8/h2,5-6,10,13-14H,1,3-4H2,(H,15,16). The monoisotopic (exact) mass is 227 g/mol. The van der Waals surface area contributed by atoms with Crippen LogP contribution in [0, 0.1) is 0 Å². The Bertz CT molecular complexity index is 358. The summed E-state index contributed by atoms with van der Waals surface area (Å²) in [6, 6.07) is 0. The van der Waals surface area contributed by atoms with Crippen molar-refractivity contribution in [3.63, 3.8) is 0 Å². The summed E-state index contributed by atoms with van der Waals surface area (Å²) in [4.78, 5) is 18.2. The third kappa shape index (κ3) is 3.54. The maximum Gasteiger partial charge on any atom is 0.339 e. The minimum Gasteiger partial charge on any atom is -0.478 e. The van der Waals surface area contributed by atoms with E-state index in [0.29, 0.717) is 5.69 Å². The van der Waals surface area contributed by atoms with Gasteiger partial charge in [0.05, 0.1) is 18.4 Å². The summed E-state index contributed by atoms with van der Waals surface area (Å²) in [7, 11) is 0. The van der Waals surface area contributed by atoms with E-state index in [4.69, 9.17) is 15.3 Å². The second-order valence-corrected chi connectivity index (χ2v) is 3.16. The molecule has 1 aromatic rings. The predicted octanol–water partition coefficient (Wildman–Crippen LogP) is -1.38. The molecule has 0 aliphatic heterocycles. The first-order valence-electron chi connectivity index (χ1n) is 4.67. The molecule has 0 saturated carbocycles. The van der Waals surface area contributed by atoms with E-state index >= 15 is 0 Å². The van der Waals surface area contributed by atoms with Gasteiger partial charge in [-0.05, 0) is 0 Å². The average Bonchev–Trinajstić information content (AvgIpc) is 2.29. The first kappa shape index (κ1) is 12.5. The van der Waals surface area contributed by atoms with Crippen LogP contribution in [0.2, 0.25) is 0 Å². The van der Waals surface area contributed by atoms with Gasteiger partial charge in [-0.3, -0.25) is 0 Å². The second-order valence-electron chi connectivity index (χ2n) is 3.16. The van der Waals surface area contributed by atoms with Crippen LogP contribution < -0.4 is 5.32 Å². The lowest BCUT2D eigenvalue weighted by atomic mass is 10.2. The summed E-state index contributed by atoms with van der Waals surface area (Å²) >= 11 is 0. The Hall–Kier alpha value is -1.57. The number of carboxylic acid groups (broad SMARTS) is 1. The van der Waals surface area contributed by atoms with Crippen LogP contribution in [0.5, 0.6) is 0 Å². The molecule has 0 amide bonds. The van der Waals surface area contributed by atoms with Crippen molar-refractivity contribution in [1.29, 1.82) is 0 Å². The van der Waals surface area contributed by atoms with Crippen LogP contribution in [0.3, 0.4) is 0 Å². The van der Waals surface area contributed by atoms with E-state index in [1.165, 1.54) is 12.5 Å². The van der Waals surface area contributed by atoms with E-state index in [0.717, 1.165) is 0 Å². The first-order valence-corrected chi connectivity index (χ1v) is 4.67. The molecule has 1 heterocycles. The van der Waals surface area contributed by atoms with Crippen molar-refractivity contribution < 1.29 is 20.1 Å². The molecule has 88 valence electrons. The quantitative estimate of drug-likeness (QED) is 0.473. The Kier molecular flexibility index (Phi) is 4.77. The maximum atomic E-state index is 10.8. The van der Waals surface area contributed by atoms with E-state index in [2.05, 4.69) is 15.3 Å². The highest BCUT2D eigenvalue weighted by Crippen LogP contribution is 2.02. The highest BCUT2D eigenvalue weighted by Gasteiger charge is 2.11. The zero-order valence-electron chi connectivity index (χ0n) is 8.50. The molecule has 1 aromatic heterocycles. The van der Waals surface area contributed by atoms with Crippen molar-refractivity contribution in [2.24, 2.45) is 0 Å². The minimum atomic E-state index is -1.10. The Morgan fingerprint density at radius 3 is 2.94 bits per heavy atom. The topological polar surface area (TPSA) is 116 Å². The molecule has 0 bridgehead atoms. The number of nitrogens with one attached hydrogen (secondary N) is 1. The van der Waals surface area contributed by atoms with Crippen LogP contribution in [0.25, 0.3) is 0 Å². The number of hydrogen-bond acceptors (Lipinski definition) is 6. The molecule has 4 N–H and O–H groups in total. The lowest BCUT2D eigenvalue weighted by Crippen LogP contribution is -2.29. The molecule has 1 atom stereocenters. The zero-order valence-corrected chi connectivity index (χ0v) is 8.50. The highest BCUT2D eigenvalue weighted by atomic mass is 16.4. The number of carboxylic acids is 1. The number of aliphatic hydroxyl groups is 2. The molecule has 0 spiro atoms. The van der Waals surface area contributed by atoms with Gasteiger partial charge in [0.2, 0.25) is 0 Å². The third-order valence-corrected chi connectivity index (χ3v) is 1.91. The van der Waals surface area contributed by atoms with E-state index in [-0.39, 0.29) is 25.3 Å². The number of aromatic nitrogens is 2. The van der Waals surface area contributed by atoms with Gasteiger partial charge in [0.25, 0.3) is 0 Å². The van der Waals surface area contributed by atoms with Gasteiger partial charge in [-0.2, -0.15) is 0 Å². The van der Waals surface area contributed by atoms with Gasteiger partial charge < -0.3 is 20.6 Å². The third-order valence-electron chi connectivity index (χ3n) is 1.91. The van der Waals surface area contributed by atoms with Crippen molar-refractivity contribution in [2.75, 3.05) is 13.2 Å². The molecule has 0 aliphatic rings. The van der Waals surface area contributed by atoms with Crippen molar-refractivity contribution in [1.82, 2.24) is 15.3 Å². The minimum absolute atomic E-state index is 0.0217. The van der Waals surface area contributed by atoms with Crippen molar-refractivity contribution in [2.45, 2.75) is 12.6 Å². The molecule has 1 rings (SSSR count). The van der Waals surface area contributed by atoms with Gasteiger partial charge in [0, 0.05) is 19.3 Å². The van der Waals surface area contributed by atoms with Gasteiger partial charge in [0.1, 0.15) is 11.9 Å². The molecule has 0 saturated heterocycles. The van der Waals surface area contributed by atoms with Crippen LogP contribution >= 0.6 is 0 Å². The average molecular weight is 227 g/mol. The fourth-order valence-corrected chi connectivity index (χ4v) is 1.10. The van der Waals surface area contributed by atoms with Crippen LogP contribution in [0.1, 0.15) is 16.1 Å². The smallest absolute Gasteiger partial charge is 0.339 e. The van der Waals surface area contributed by atoms with Crippen LogP contribution in [0.4, 0.5) is 0 Å². The van der Waals surface area contributed by atoms with Gasteiger partial charge in [-0.1, -0.05) is 0 Å². The molecule has 16 heavy (non-hydrogen) atoms. The number of hydrogen-bond donors (Lipinski definition) is 4. The second kappa shape index (κ2) is 6.11. The van der Waals surface area contributed by atoms with E-state index in [9.17, 15) is 4.79 Å². The SMILES string of the molecule is O=C(O)c1cncnc1CNCC(O)CO. The van der Waals surface area contributed by atoms with Crippen molar-refractivity contribution in [3.8, 4) is 0 Å². The van der Waals surface area contributed by atoms with E-state index < -0.39 is 12.1 Å². The Morgan fingerprint density at radius 1 is 1.56 bits per heavy atom. The number of aromatic carboxylic acids is 1. The predicted molar refractivity (Wildman–Crippen MR) is 53.8 cm³/mol. The summed E-state index contributed by atoms with van der Waals surface area (Å²) in [5, 5.41) is 29.2. The summed E-state index contributed by atoms with van der Waals surface area (Å²) < 4.78 is 0. The Labute approximate surface area is 91.8 Å². The molecule has 7 nitrogen and oxygen atoms in total. The summed E-state index contributed by atoms with van der Waals surface area (Å²) in [5.41, 5.74) is 0.362. The van der Waals surface area contributed by atoms with Gasteiger partial charge in [0.15, 0.2) is 0 Å². The lowest BCUT2D eigenvalue weighted by molar-refractivity contribution is 0.0694. The Balaban J connectivity index is 2.56. The molecular formula is C9H13N3O4. The summed E-state index contributed by atoms with van der Waals surface area (Å²) in [6.45, 7) is 0.0172. The fraction of sp³-hybridized carbons (Fsp3) is 0.444. The van der Waals surface area contributed by atoms with Gasteiger partial charge in [-0.25, -0.2) is 14.8 Å². The molecular weight excluding hydrogens is 214 g/mol. The number of carbonyl (C=O) groups is 1. The largest absolute Gasteiger partial charge is 0.478 e. The summed E-state index contributed by atoms with van der Waals surface area (Å²) in [5.74, 6) is -1.10. The normalized spacial score (nSPS) is 12.4. The Morgan fingerprint density at radius 2 is 2.31 bits per heavy atom. The molecule has 1 unspecified atom stereocenters. The van der Waals surface area contributed by atoms with Crippen LogP contribution in [-0.4, -0.2) is 50.5 Å². The van der Waals surface area contributed by atoms with Crippen molar-refractivity contribution in [3.05, 3.63) is 23.8 Å². The van der Waals surface area contributed by atoms with E-state index in [1.807, 2.05) is 0 Å². The zero-order chi connectivity index (χ0) is 12.0. The maximum absolute atomic E-state index is 10.8. The number of nitrogens with zero attached hydrogens (tertiary/aromatic N) is 2. The first-order chi connectivity index (χ1) is 7.65. The summed E-state index contributed by atoms with van der Waals surface area (Å²) in [6.07, 6.45) is 1.61. The number of rotatable bonds is 6. The molecule has 0 aromatic carbocycles. The molecule has 0 radical (unpaired) electrons. The fourth-order valence-electron chi connectivity index (χ4n) is 1.10. The number of aliphatic hydroxyl groups excluding tert-OH is 2. The molecule has 0 aliphatic carbocycles. The molecule has 7 heteroatoms. The van der Waals surface area contributed by atoms with Crippen LogP contribution in [-0.2, 0) is 6.54 Å². The molecule has 0 fully saturated rings. The van der Waals surface area contributed by atoms with Gasteiger partial charge >= 0.3 is 5.97 Å². The van der Waals surface area contributed by atoms with Gasteiger partial charge in [-0.15, -0.1) is 0 Å².